The fourth-order valence-electron chi connectivity index (χ4n) is 0.705. The van der Waals surface area contributed by atoms with Gasteiger partial charge in [-0.3, -0.25) is 0 Å². The van der Waals surface area contributed by atoms with Crippen molar-refractivity contribution >= 4 is 11.3 Å². The second-order valence-corrected chi connectivity index (χ2v) is 4.58. The fraction of sp³-hybridized carbons (Fsp3) is 0.600. The first-order valence-corrected chi connectivity index (χ1v) is 4.84. The Hall–Kier alpha value is -0.340. The largest absolute Gasteiger partial charge is 0.388 e. The van der Waals surface area contributed by atoms with Crippen LogP contribution >= 0.6 is 11.3 Å². The van der Waals surface area contributed by atoms with Crippen LogP contribution in [0.1, 0.15) is 25.6 Å². The van der Waals surface area contributed by atoms with Crippen molar-refractivity contribution < 1.29 is 4.74 Å². The van der Waals surface area contributed by atoms with E-state index >= 15 is 0 Å². The summed E-state index contributed by atoms with van der Waals surface area (Å²) in [5.41, 5.74) is 0.341. The van der Waals surface area contributed by atoms with Crippen LogP contribution in [0.3, 0.4) is 0 Å². The van der Waals surface area contributed by atoms with Crippen LogP contribution in [-0.2, 0) is 10.2 Å². The zero-order valence-electron chi connectivity index (χ0n) is 8.55. The van der Waals surface area contributed by atoms with E-state index in [0.717, 1.165) is 0 Å². The maximum Gasteiger partial charge on any atom is 0.0351 e. The molecule has 0 spiro atoms. The molecule has 70 valence electrons. The van der Waals surface area contributed by atoms with Crippen molar-refractivity contribution in [1.82, 2.24) is 0 Å². The maximum absolute atomic E-state index is 4.25. The van der Waals surface area contributed by atoms with Crippen LogP contribution in [0.25, 0.3) is 0 Å². The Morgan fingerprint density at radius 3 is 1.92 bits per heavy atom. The number of hydrogen-bond acceptors (Lipinski definition) is 2. The first-order chi connectivity index (χ1) is 5.52. The van der Waals surface area contributed by atoms with E-state index in [1.54, 1.807) is 14.2 Å². The topological polar surface area (TPSA) is 9.23 Å². The number of hydrogen-bond donors (Lipinski definition) is 0. The van der Waals surface area contributed by atoms with E-state index in [1.165, 1.54) is 4.88 Å². The lowest BCUT2D eigenvalue weighted by molar-refractivity contribution is 0.277. The molecule has 0 atom stereocenters. The third-order valence-electron chi connectivity index (χ3n) is 1.26. The molecule has 0 aromatic carbocycles. The minimum Gasteiger partial charge on any atom is -0.388 e. The quantitative estimate of drug-likeness (QED) is 0.604. The summed E-state index contributed by atoms with van der Waals surface area (Å²) in [5, 5.41) is 2.13. The average Bonchev–Trinajstić information content (AvgIpc) is 2.36. The van der Waals surface area contributed by atoms with Crippen molar-refractivity contribution in [1.29, 1.82) is 0 Å². The summed E-state index contributed by atoms with van der Waals surface area (Å²) in [4.78, 5) is 1.46. The molecule has 0 bridgehead atoms. The van der Waals surface area contributed by atoms with Gasteiger partial charge in [-0.05, 0) is 16.9 Å². The molecule has 0 saturated heterocycles. The van der Waals surface area contributed by atoms with Crippen LogP contribution in [0.2, 0.25) is 0 Å². The standard InChI is InChI=1S/C8H12S.C2H6O/c1-8(2,3)7-5-4-6-9-7;1-3-2/h4-6H,1-3H3;1-2H3. The Morgan fingerprint density at radius 1 is 1.25 bits per heavy atom. The average molecular weight is 186 g/mol. The maximum atomic E-state index is 4.25. The summed E-state index contributed by atoms with van der Waals surface area (Å²) in [5.74, 6) is 0. The van der Waals surface area contributed by atoms with Gasteiger partial charge in [-0.15, -0.1) is 11.3 Å². The summed E-state index contributed by atoms with van der Waals surface area (Å²) in [6.45, 7) is 6.70. The Bertz CT molecular complexity index is 184. The van der Waals surface area contributed by atoms with E-state index in [1.807, 2.05) is 11.3 Å². The Kier molecular flexibility index (Phi) is 5.18. The first kappa shape index (κ1) is 11.7. The third kappa shape index (κ3) is 4.52. The van der Waals surface area contributed by atoms with E-state index in [-0.39, 0.29) is 0 Å². The second kappa shape index (κ2) is 5.33. The highest BCUT2D eigenvalue weighted by atomic mass is 32.1. The molecule has 1 nitrogen and oxygen atoms in total. The lowest BCUT2D eigenvalue weighted by Crippen LogP contribution is -2.07. The lowest BCUT2D eigenvalue weighted by atomic mass is 9.95. The Balaban J connectivity index is 0.000000354. The SMILES string of the molecule is CC(C)(C)c1cccs1.COC. The molecule has 0 saturated carbocycles. The van der Waals surface area contributed by atoms with Gasteiger partial charge in [0.05, 0.1) is 0 Å². The number of rotatable bonds is 0. The predicted molar refractivity (Wildman–Crippen MR) is 56.0 cm³/mol. The monoisotopic (exact) mass is 186 g/mol. The van der Waals surface area contributed by atoms with Crippen molar-refractivity contribution in [3.05, 3.63) is 22.4 Å². The molecule has 0 aliphatic heterocycles. The molecule has 0 radical (unpaired) electrons. The van der Waals surface area contributed by atoms with Crippen LogP contribution in [0.5, 0.6) is 0 Å². The Labute approximate surface area is 79.4 Å². The highest BCUT2D eigenvalue weighted by Gasteiger charge is 2.13. The third-order valence-corrected chi connectivity index (χ3v) is 2.56. The highest BCUT2D eigenvalue weighted by molar-refractivity contribution is 7.10. The molecule has 0 unspecified atom stereocenters. The molecule has 12 heavy (non-hydrogen) atoms. The summed E-state index contributed by atoms with van der Waals surface area (Å²) in [6.07, 6.45) is 0. The molecule has 1 aromatic rings. The molecule has 2 heteroatoms. The van der Waals surface area contributed by atoms with Gasteiger partial charge >= 0.3 is 0 Å². The predicted octanol–water partition coefficient (Wildman–Crippen LogP) is 3.31. The van der Waals surface area contributed by atoms with Crippen LogP contribution < -0.4 is 0 Å². The molecule has 0 aliphatic rings. The van der Waals surface area contributed by atoms with Gasteiger partial charge in [-0.2, -0.15) is 0 Å². The van der Waals surface area contributed by atoms with Crippen LogP contribution in [-0.4, -0.2) is 14.2 Å². The molecule has 0 fully saturated rings. The highest BCUT2D eigenvalue weighted by Crippen LogP contribution is 2.25. The molecule has 1 aromatic heterocycles. The van der Waals surface area contributed by atoms with Gasteiger partial charge in [0.2, 0.25) is 0 Å². The van der Waals surface area contributed by atoms with E-state index in [2.05, 4.69) is 43.0 Å². The van der Waals surface area contributed by atoms with Gasteiger partial charge in [-0.25, -0.2) is 0 Å². The summed E-state index contributed by atoms with van der Waals surface area (Å²) >= 11 is 1.83. The molecular weight excluding hydrogens is 168 g/mol. The van der Waals surface area contributed by atoms with Gasteiger partial charge < -0.3 is 4.74 Å². The van der Waals surface area contributed by atoms with E-state index in [0.29, 0.717) is 5.41 Å². The van der Waals surface area contributed by atoms with Gasteiger partial charge in [0.25, 0.3) is 0 Å². The number of methoxy groups -OCH3 is 1. The molecule has 0 aliphatic carbocycles. The molecule has 0 N–H and O–H groups in total. The van der Waals surface area contributed by atoms with Crippen molar-refractivity contribution in [3.63, 3.8) is 0 Å². The van der Waals surface area contributed by atoms with Crippen molar-refractivity contribution in [2.75, 3.05) is 14.2 Å². The Morgan fingerprint density at radius 2 is 1.75 bits per heavy atom. The van der Waals surface area contributed by atoms with E-state index in [9.17, 15) is 0 Å². The van der Waals surface area contributed by atoms with Crippen LogP contribution in [0.15, 0.2) is 17.5 Å². The van der Waals surface area contributed by atoms with Crippen LogP contribution in [0.4, 0.5) is 0 Å². The van der Waals surface area contributed by atoms with Gasteiger partial charge in [0, 0.05) is 19.1 Å². The van der Waals surface area contributed by atoms with Crippen molar-refractivity contribution in [2.45, 2.75) is 26.2 Å². The summed E-state index contributed by atoms with van der Waals surface area (Å²) in [6, 6.07) is 4.29. The van der Waals surface area contributed by atoms with Gasteiger partial charge in [0.15, 0.2) is 0 Å². The second-order valence-electron chi connectivity index (χ2n) is 3.64. The van der Waals surface area contributed by atoms with Crippen molar-refractivity contribution in [2.24, 2.45) is 0 Å². The minimum absolute atomic E-state index is 0.341. The normalized spacial score (nSPS) is 10.4. The van der Waals surface area contributed by atoms with Gasteiger partial charge in [0.1, 0.15) is 0 Å². The zero-order chi connectivity index (χ0) is 9.61. The number of thiophene rings is 1. The van der Waals surface area contributed by atoms with Gasteiger partial charge in [-0.1, -0.05) is 26.8 Å². The lowest BCUT2D eigenvalue weighted by Gasteiger charge is -2.14. The molecular formula is C10H18OS. The summed E-state index contributed by atoms with van der Waals surface area (Å²) in [7, 11) is 3.25. The van der Waals surface area contributed by atoms with E-state index in [4.69, 9.17) is 0 Å². The smallest absolute Gasteiger partial charge is 0.0351 e. The fourth-order valence-corrected chi connectivity index (χ4v) is 1.52. The molecule has 1 heterocycles. The molecule has 1 rings (SSSR count). The minimum atomic E-state index is 0.341. The van der Waals surface area contributed by atoms with Crippen molar-refractivity contribution in [3.8, 4) is 0 Å². The molecule has 0 amide bonds. The van der Waals surface area contributed by atoms with Crippen LogP contribution in [0, 0.1) is 0 Å². The number of ether oxygens (including phenoxy) is 1. The van der Waals surface area contributed by atoms with E-state index < -0.39 is 0 Å². The first-order valence-electron chi connectivity index (χ1n) is 3.96. The zero-order valence-corrected chi connectivity index (χ0v) is 9.37. The summed E-state index contributed by atoms with van der Waals surface area (Å²) < 4.78 is 4.25.